The molecule has 5 nitrogen and oxygen atoms in total. The average Bonchev–Trinajstić information content (AvgIpc) is 2.40. The van der Waals surface area contributed by atoms with Gasteiger partial charge in [-0.05, 0) is 13.8 Å². The van der Waals surface area contributed by atoms with Crippen LogP contribution >= 0.6 is 47.0 Å². The van der Waals surface area contributed by atoms with Gasteiger partial charge in [-0.15, -0.1) is 0 Å². The van der Waals surface area contributed by atoms with E-state index in [-0.39, 0.29) is 42.2 Å². The summed E-state index contributed by atoms with van der Waals surface area (Å²) in [5.41, 5.74) is 0. The summed E-state index contributed by atoms with van der Waals surface area (Å²) in [6, 6.07) is 0. The van der Waals surface area contributed by atoms with Gasteiger partial charge in [-0.2, -0.15) is 0 Å². The fourth-order valence-electron chi connectivity index (χ4n) is 1.24. The fourth-order valence-corrected chi connectivity index (χ4v) is 1.76. The van der Waals surface area contributed by atoms with Crippen LogP contribution in [-0.4, -0.2) is 86.3 Å². The molecule has 0 spiro atoms. The number of thiocarbonyl (C=S) groups is 1. The van der Waals surface area contributed by atoms with Gasteiger partial charge in [0.25, 0.3) is 0 Å². The summed E-state index contributed by atoms with van der Waals surface area (Å²) < 4.78 is -0.171. The number of hydrogen-bond acceptors (Lipinski definition) is 6. The number of rotatable bonds is 8. The Morgan fingerprint density at radius 1 is 0.957 bits per heavy atom. The number of aliphatic hydroxyl groups excluding tert-OH is 3. The molecule has 0 aliphatic rings. The average molecular weight is 525 g/mol. The maximum Gasteiger partial charge on any atom is 1.00 e. The van der Waals surface area contributed by atoms with Crippen LogP contribution in [0.1, 0.15) is 13.8 Å². The molecule has 0 bridgehead atoms. The van der Waals surface area contributed by atoms with Crippen molar-refractivity contribution >= 4 is 64.0 Å². The summed E-state index contributed by atoms with van der Waals surface area (Å²) in [5, 5.41) is 25.5. The van der Waals surface area contributed by atoms with Gasteiger partial charge in [0.1, 0.15) is 0 Å². The van der Waals surface area contributed by atoms with Crippen molar-refractivity contribution in [1.29, 1.82) is 0 Å². The zero-order valence-corrected chi connectivity index (χ0v) is 18.6. The first-order valence-corrected chi connectivity index (χ1v) is 8.86. The minimum atomic E-state index is -0.750. The third kappa shape index (κ3) is 31.8. The first-order chi connectivity index (χ1) is 10.3. The molecule has 0 aliphatic heterocycles. The molecule has 0 amide bonds. The van der Waals surface area contributed by atoms with Crippen molar-refractivity contribution in [1.82, 2.24) is 9.80 Å². The van der Waals surface area contributed by atoms with Crippen molar-refractivity contribution in [3.8, 4) is 0 Å². The number of hydrogen-bond donors (Lipinski definition) is 3. The largest absolute Gasteiger partial charge is 1.00 e. The van der Waals surface area contributed by atoms with Crippen LogP contribution < -0.4 is 0 Å². The van der Waals surface area contributed by atoms with E-state index in [1.807, 2.05) is 18.7 Å². The monoisotopic (exact) mass is 522 g/mol. The summed E-state index contributed by atoms with van der Waals surface area (Å²) >= 11 is 23.9. The molecule has 0 saturated carbocycles. The molecule has 0 unspecified atom stereocenters. The summed E-state index contributed by atoms with van der Waals surface area (Å²) in [5.74, 6) is 0. The third-order valence-corrected chi connectivity index (χ3v) is 2.79. The molecule has 0 fully saturated rings. The van der Waals surface area contributed by atoms with E-state index in [1.165, 1.54) is 0 Å². The predicted octanol–water partition coefficient (Wildman–Crippen LogP) is 1.41. The molecule has 0 rings (SSSR count). The molecule has 11 heteroatoms. The van der Waals surface area contributed by atoms with Crippen molar-refractivity contribution in [3.63, 3.8) is 0 Å². The van der Waals surface area contributed by atoms with Crippen molar-refractivity contribution in [2.24, 2.45) is 0 Å². The van der Waals surface area contributed by atoms with E-state index in [9.17, 15) is 0 Å². The van der Waals surface area contributed by atoms with Crippen LogP contribution in [0.5, 0.6) is 0 Å². The SMILES string of the molecule is CCN(CC)C(=S)[S-].ClC(Cl)Cl.OCCN(CCO)CCO.[Ag+]. The Balaban J connectivity index is -0.000000125. The molecule has 0 heterocycles. The Kier molecular flexibility index (Phi) is 36.2. The molecule has 0 aromatic rings. The third-order valence-electron chi connectivity index (χ3n) is 2.27. The van der Waals surface area contributed by atoms with Gasteiger partial charge in [0.15, 0.2) is 4.30 Å². The number of alkyl halides is 3. The van der Waals surface area contributed by atoms with E-state index >= 15 is 0 Å². The van der Waals surface area contributed by atoms with Gasteiger partial charge in [0.05, 0.1) is 19.8 Å². The van der Waals surface area contributed by atoms with Gasteiger partial charge in [-0.1, -0.05) is 39.1 Å². The first kappa shape index (κ1) is 32.3. The van der Waals surface area contributed by atoms with Gasteiger partial charge in [0, 0.05) is 32.7 Å². The van der Waals surface area contributed by atoms with Crippen LogP contribution in [0, 0.1) is 0 Å². The van der Waals surface area contributed by atoms with Crippen LogP contribution in [0.15, 0.2) is 0 Å². The maximum absolute atomic E-state index is 8.48. The molecule has 3 N–H and O–H groups in total. The summed E-state index contributed by atoms with van der Waals surface area (Å²) in [6.45, 7) is 7.70. The summed E-state index contributed by atoms with van der Waals surface area (Å²) in [7, 11) is 0. The predicted molar refractivity (Wildman–Crippen MR) is 102 cm³/mol. The number of aliphatic hydroxyl groups is 3. The minimum Gasteiger partial charge on any atom is -0.411 e. The molecule has 0 saturated heterocycles. The Hall–Kier alpha value is 1.56. The quantitative estimate of drug-likeness (QED) is 0.192. The maximum atomic E-state index is 8.48. The van der Waals surface area contributed by atoms with Crippen LogP contribution in [0.3, 0.4) is 0 Å². The van der Waals surface area contributed by atoms with Gasteiger partial charge in [-0.3, -0.25) is 4.90 Å². The molecule has 146 valence electrons. The smallest absolute Gasteiger partial charge is 0.411 e. The normalized spacial score (nSPS) is 9.30. The molecule has 0 aromatic carbocycles. The van der Waals surface area contributed by atoms with Crippen LogP contribution in [0.4, 0.5) is 0 Å². The second-order valence-corrected chi connectivity index (χ2v) is 6.71. The van der Waals surface area contributed by atoms with Crippen molar-refractivity contribution in [3.05, 3.63) is 0 Å². The summed E-state index contributed by atoms with van der Waals surface area (Å²) in [6.07, 6.45) is 0. The second kappa shape index (κ2) is 25.8. The standard InChI is InChI=1S/C6H15NO3.C5H11NS2.CHCl3.Ag/c8-4-1-7(2-5-9)3-6-10;1-3-6(4-2)5(7)8;2-1(3)4;/h8-10H,1-6H2;3-4H2,1-2H3,(H,7,8);1H;/q;;;+1/p-1. The van der Waals surface area contributed by atoms with E-state index in [4.69, 9.17) is 75.0 Å². The van der Waals surface area contributed by atoms with E-state index < -0.39 is 4.30 Å². The minimum absolute atomic E-state index is 0. The van der Waals surface area contributed by atoms with E-state index in [0.29, 0.717) is 24.0 Å². The first-order valence-electron chi connectivity index (χ1n) is 6.73. The Labute approximate surface area is 181 Å². The molecule has 0 aromatic heterocycles. The molecule has 0 atom stereocenters. The fraction of sp³-hybridized carbons (Fsp3) is 0.917. The van der Waals surface area contributed by atoms with Crippen molar-refractivity contribution in [2.75, 3.05) is 52.5 Å². The molecule has 0 aliphatic carbocycles. The van der Waals surface area contributed by atoms with E-state index in [0.717, 1.165) is 13.1 Å². The Morgan fingerprint density at radius 2 is 1.22 bits per heavy atom. The molecule has 0 radical (unpaired) electrons. The number of halogens is 3. The molecular weight excluding hydrogens is 499 g/mol. The van der Waals surface area contributed by atoms with E-state index in [1.54, 1.807) is 4.90 Å². The Morgan fingerprint density at radius 3 is 1.30 bits per heavy atom. The van der Waals surface area contributed by atoms with Gasteiger partial charge < -0.3 is 45.1 Å². The van der Waals surface area contributed by atoms with Crippen LogP contribution in [0.2, 0.25) is 0 Å². The van der Waals surface area contributed by atoms with Crippen molar-refractivity contribution < 1.29 is 37.7 Å². The van der Waals surface area contributed by atoms with Crippen LogP contribution in [0.25, 0.3) is 0 Å². The zero-order valence-electron chi connectivity index (χ0n) is 13.2. The molecule has 23 heavy (non-hydrogen) atoms. The number of nitrogens with zero attached hydrogens (tertiary/aromatic N) is 2. The van der Waals surface area contributed by atoms with E-state index in [2.05, 4.69) is 0 Å². The van der Waals surface area contributed by atoms with Crippen molar-refractivity contribution in [2.45, 2.75) is 18.1 Å². The van der Waals surface area contributed by atoms with Crippen LogP contribution in [-0.2, 0) is 35.0 Å². The second-order valence-electron chi connectivity index (χ2n) is 3.70. The zero-order chi connectivity index (χ0) is 18.0. The van der Waals surface area contributed by atoms with Gasteiger partial charge in [-0.25, -0.2) is 0 Å². The topological polar surface area (TPSA) is 67.2 Å². The molecular formula is C12H26AgCl3N2O3S2. The van der Waals surface area contributed by atoms with Gasteiger partial charge >= 0.3 is 22.4 Å². The Bertz CT molecular complexity index is 229. The summed E-state index contributed by atoms with van der Waals surface area (Å²) in [4.78, 5) is 3.75. The van der Waals surface area contributed by atoms with Gasteiger partial charge in [0.2, 0.25) is 0 Å².